The molecule has 130 valence electrons. The van der Waals surface area contributed by atoms with Crippen LogP contribution >= 0.6 is 15.9 Å². The van der Waals surface area contributed by atoms with Gasteiger partial charge < -0.3 is 20.5 Å². The summed E-state index contributed by atoms with van der Waals surface area (Å²) in [6.07, 6.45) is 0. The number of hydrogen-bond donors (Lipinski definition) is 2. The summed E-state index contributed by atoms with van der Waals surface area (Å²) in [5, 5.41) is 2.46. The largest absolute Gasteiger partial charge is 0.482 e. The molecule has 0 saturated heterocycles. The maximum absolute atomic E-state index is 11.8. The SMILES string of the molecule is NC(=O)c1ccccc1NC(=O)COC(=O)COc1cccc(Br)c1. The van der Waals surface area contributed by atoms with Crippen molar-refractivity contribution in [2.24, 2.45) is 5.73 Å². The Bertz CT molecular complexity index is 794. The minimum Gasteiger partial charge on any atom is -0.482 e. The number of hydrogen-bond acceptors (Lipinski definition) is 5. The predicted octanol–water partition coefficient (Wildman–Crippen LogP) is 2.11. The third-order valence-electron chi connectivity index (χ3n) is 2.98. The van der Waals surface area contributed by atoms with Crippen LogP contribution in [0.5, 0.6) is 5.75 Å². The topological polar surface area (TPSA) is 108 Å². The number of primary amides is 1. The van der Waals surface area contributed by atoms with Crippen LogP contribution in [0.4, 0.5) is 5.69 Å². The van der Waals surface area contributed by atoms with Gasteiger partial charge in [0.2, 0.25) is 0 Å². The number of nitrogens with two attached hydrogens (primary N) is 1. The average molecular weight is 407 g/mol. The molecule has 2 aromatic carbocycles. The van der Waals surface area contributed by atoms with Gasteiger partial charge in [0.05, 0.1) is 11.3 Å². The number of ether oxygens (including phenoxy) is 2. The van der Waals surface area contributed by atoms with Gasteiger partial charge in [-0.15, -0.1) is 0 Å². The Morgan fingerprint density at radius 2 is 1.80 bits per heavy atom. The van der Waals surface area contributed by atoms with Crippen LogP contribution < -0.4 is 15.8 Å². The monoisotopic (exact) mass is 406 g/mol. The van der Waals surface area contributed by atoms with Gasteiger partial charge in [-0.3, -0.25) is 9.59 Å². The first-order valence-corrected chi connectivity index (χ1v) is 7.97. The minimum absolute atomic E-state index is 0.167. The molecule has 3 N–H and O–H groups in total. The second-order valence-electron chi connectivity index (χ2n) is 4.86. The van der Waals surface area contributed by atoms with Gasteiger partial charge in [-0.1, -0.05) is 34.1 Å². The summed E-state index contributed by atoms with van der Waals surface area (Å²) < 4.78 is 10.9. The van der Waals surface area contributed by atoms with E-state index in [0.717, 1.165) is 4.47 Å². The molecular weight excluding hydrogens is 392 g/mol. The Kier molecular flexibility index (Phi) is 6.53. The Morgan fingerprint density at radius 3 is 2.52 bits per heavy atom. The van der Waals surface area contributed by atoms with Crippen molar-refractivity contribution >= 4 is 39.4 Å². The highest BCUT2D eigenvalue weighted by Crippen LogP contribution is 2.17. The smallest absolute Gasteiger partial charge is 0.344 e. The number of anilines is 1. The number of carbonyl (C=O) groups excluding carboxylic acids is 3. The van der Waals surface area contributed by atoms with Gasteiger partial charge in [-0.05, 0) is 30.3 Å². The van der Waals surface area contributed by atoms with E-state index in [2.05, 4.69) is 21.2 Å². The van der Waals surface area contributed by atoms with Crippen molar-refractivity contribution in [1.82, 2.24) is 0 Å². The number of para-hydroxylation sites is 1. The van der Waals surface area contributed by atoms with E-state index in [0.29, 0.717) is 5.75 Å². The molecule has 0 fully saturated rings. The van der Waals surface area contributed by atoms with Crippen molar-refractivity contribution in [2.45, 2.75) is 0 Å². The van der Waals surface area contributed by atoms with Gasteiger partial charge >= 0.3 is 5.97 Å². The van der Waals surface area contributed by atoms with Crippen LogP contribution in [0.25, 0.3) is 0 Å². The Hall–Kier alpha value is -2.87. The molecule has 0 aromatic heterocycles. The van der Waals surface area contributed by atoms with E-state index in [1.54, 1.807) is 30.3 Å². The number of amides is 2. The van der Waals surface area contributed by atoms with Crippen molar-refractivity contribution in [2.75, 3.05) is 18.5 Å². The number of esters is 1. The van der Waals surface area contributed by atoms with Crippen LogP contribution in [0.15, 0.2) is 53.0 Å². The van der Waals surface area contributed by atoms with Crippen LogP contribution in [0.2, 0.25) is 0 Å². The van der Waals surface area contributed by atoms with E-state index < -0.39 is 24.4 Å². The summed E-state index contributed by atoms with van der Waals surface area (Å²) in [5.41, 5.74) is 5.64. The lowest BCUT2D eigenvalue weighted by Crippen LogP contribution is -2.25. The number of benzene rings is 2. The van der Waals surface area contributed by atoms with Crippen LogP contribution in [-0.4, -0.2) is 31.0 Å². The Labute approximate surface area is 152 Å². The fourth-order valence-electron chi connectivity index (χ4n) is 1.88. The van der Waals surface area contributed by atoms with Crippen molar-refractivity contribution < 1.29 is 23.9 Å². The number of rotatable bonds is 7. The molecule has 8 heteroatoms. The van der Waals surface area contributed by atoms with E-state index in [4.69, 9.17) is 15.2 Å². The Morgan fingerprint density at radius 1 is 1.04 bits per heavy atom. The molecular formula is C17H15BrN2O5. The first-order chi connectivity index (χ1) is 12.0. The van der Waals surface area contributed by atoms with Gasteiger partial charge in [0.15, 0.2) is 13.2 Å². The molecule has 0 aliphatic heterocycles. The lowest BCUT2D eigenvalue weighted by Gasteiger charge is -2.10. The normalized spacial score (nSPS) is 9.96. The lowest BCUT2D eigenvalue weighted by molar-refractivity contribution is -0.149. The molecule has 2 amide bonds. The zero-order valence-electron chi connectivity index (χ0n) is 13.0. The molecule has 0 aliphatic rings. The van der Waals surface area contributed by atoms with Gasteiger partial charge in [0.1, 0.15) is 5.75 Å². The standard InChI is InChI=1S/C17H15BrN2O5/c18-11-4-3-5-12(8-11)24-10-16(22)25-9-15(21)20-14-7-2-1-6-13(14)17(19)23/h1-8H,9-10H2,(H2,19,23)(H,20,21). The lowest BCUT2D eigenvalue weighted by atomic mass is 10.1. The average Bonchev–Trinajstić information content (AvgIpc) is 2.58. The van der Waals surface area contributed by atoms with Crippen LogP contribution in [-0.2, 0) is 14.3 Å². The molecule has 0 spiro atoms. The number of halogens is 1. The summed E-state index contributed by atoms with van der Waals surface area (Å²) >= 11 is 3.28. The summed E-state index contributed by atoms with van der Waals surface area (Å²) in [7, 11) is 0. The summed E-state index contributed by atoms with van der Waals surface area (Å²) in [6, 6.07) is 13.2. The van der Waals surface area contributed by atoms with E-state index in [9.17, 15) is 14.4 Å². The first-order valence-electron chi connectivity index (χ1n) is 7.18. The molecule has 0 radical (unpaired) electrons. The van der Waals surface area contributed by atoms with E-state index in [-0.39, 0.29) is 17.9 Å². The number of carbonyl (C=O) groups is 3. The van der Waals surface area contributed by atoms with Crippen LogP contribution in [0.3, 0.4) is 0 Å². The van der Waals surface area contributed by atoms with E-state index in [1.807, 2.05) is 6.07 Å². The highest BCUT2D eigenvalue weighted by molar-refractivity contribution is 9.10. The van der Waals surface area contributed by atoms with E-state index in [1.165, 1.54) is 12.1 Å². The molecule has 2 rings (SSSR count). The highest BCUT2D eigenvalue weighted by Gasteiger charge is 2.12. The van der Waals surface area contributed by atoms with Crippen molar-refractivity contribution in [3.8, 4) is 5.75 Å². The number of nitrogens with one attached hydrogen (secondary N) is 1. The molecule has 0 aliphatic carbocycles. The summed E-state index contributed by atoms with van der Waals surface area (Å²) in [4.78, 5) is 34.7. The third-order valence-corrected chi connectivity index (χ3v) is 3.48. The molecule has 0 saturated carbocycles. The first kappa shape index (κ1) is 18.5. The molecule has 0 bridgehead atoms. The molecule has 0 unspecified atom stereocenters. The van der Waals surface area contributed by atoms with Gasteiger partial charge in [-0.2, -0.15) is 0 Å². The fraction of sp³-hybridized carbons (Fsp3) is 0.118. The van der Waals surface area contributed by atoms with Crippen molar-refractivity contribution in [3.63, 3.8) is 0 Å². The van der Waals surface area contributed by atoms with Crippen molar-refractivity contribution in [3.05, 3.63) is 58.6 Å². The second-order valence-corrected chi connectivity index (χ2v) is 5.78. The molecule has 7 nitrogen and oxygen atoms in total. The third kappa shape index (κ3) is 5.92. The van der Waals surface area contributed by atoms with Gasteiger partial charge in [-0.25, -0.2) is 4.79 Å². The van der Waals surface area contributed by atoms with Crippen LogP contribution in [0.1, 0.15) is 10.4 Å². The minimum atomic E-state index is -0.696. The van der Waals surface area contributed by atoms with Gasteiger partial charge in [0, 0.05) is 4.47 Å². The summed E-state index contributed by atoms with van der Waals surface area (Å²) in [6.45, 7) is -0.838. The zero-order valence-corrected chi connectivity index (χ0v) is 14.6. The zero-order chi connectivity index (χ0) is 18.2. The predicted molar refractivity (Wildman–Crippen MR) is 94.2 cm³/mol. The molecule has 0 heterocycles. The highest BCUT2D eigenvalue weighted by atomic mass is 79.9. The van der Waals surface area contributed by atoms with Crippen LogP contribution in [0, 0.1) is 0 Å². The van der Waals surface area contributed by atoms with Gasteiger partial charge in [0.25, 0.3) is 11.8 Å². The maximum Gasteiger partial charge on any atom is 0.344 e. The second kappa shape index (κ2) is 8.84. The van der Waals surface area contributed by atoms with E-state index >= 15 is 0 Å². The molecule has 25 heavy (non-hydrogen) atoms. The van der Waals surface area contributed by atoms with Crippen molar-refractivity contribution in [1.29, 1.82) is 0 Å². The summed E-state index contributed by atoms with van der Waals surface area (Å²) in [5.74, 6) is -1.47. The quantitative estimate of drug-likeness (QED) is 0.684. The maximum atomic E-state index is 11.8. The molecule has 2 aromatic rings. The fourth-order valence-corrected chi connectivity index (χ4v) is 2.26. The Balaban J connectivity index is 1.80. The molecule has 0 atom stereocenters.